The van der Waals surface area contributed by atoms with E-state index in [2.05, 4.69) is 9.98 Å². The van der Waals surface area contributed by atoms with Crippen molar-refractivity contribution in [3.8, 4) is 0 Å². The number of aromatic nitrogens is 1. The molecule has 1 aromatic heterocycles. The quantitative estimate of drug-likeness (QED) is 0.527. The molecule has 2 rings (SSSR count). The highest BCUT2D eigenvalue weighted by Gasteiger charge is 2.05. The lowest BCUT2D eigenvalue weighted by atomic mass is 10.2. The Morgan fingerprint density at radius 2 is 2.16 bits per heavy atom. The van der Waals surface area contributed by atoms with Gasteiger partial charge in [-0.1, -0.05) is 0 Å². The molecule has 98 valence electrons. The van der Waals surface area contributed by atoms with E-state index in [1.165, 1.54) is 20.1 Å². The molecule has 0 spiro atoms. The maximum atomic E-state index is 11.3. The molecular formula is C14H14N2O2S. The predicted octanol–water partition coefficient (Wildman–Crippen LogP) is 3.73. The largest absolute Gasteiger partial charge is 0.512 e. The van der Waals surface area contributed by atoms with Gasteiger partial charge in [-0.15, -0.1) is 11.3 Å². The van der Waals surface area contributed by atoms with Gasteiger partial charge < -0.3 is 5.11 Å². The molecule has 0 atom stereocenters. The SMILES string of the molecule is CC(=O)C(C=Nc1ccc2nc(C)sc2c1)=C(C)O. The molecular weight excluding hydrogens is 260 g/mol. The summed E-state index contributed by atoms with van der Waals surface area (Å²) >= 11 is 1.60. The van der Waals surface area contributed by atoms with Crippen LogP contribution in [0.4, 0.5) is 5.69 Å². The number of hydrogen-bond acceptors (Lipinski definition) is 5. The molecule has 1 heterocycles. The summed E-state index contributed by atoms with van der Waals surface area (Å²) < 4.78 is 1.06. The van der Waals surface area contributed by atoms with Crippen molar-refractivity contribution in [2.24, 2.45) is 4.99 Å². The summed E-state index contributed by atoms with van der Waals surface area (Å²) in [5, 5.41) is 10.4. The highest BCUT2D eigenvalue weighted by molar-refractivity contribution is 7.18. The van der Waals surface area contributed by atoms with Gasteiger partial charge in [0.05, 0.1) is 26.5 Å². The summed E-state index contributed by atoms with van der Waals surface area (Å²) in [6.45, 7) is 4.83. The normalized spacial score (nSPS) is 13.0. The lowest BCUT2D eigenvalue weighted by Gasteiger charge is -1.98. The average Bonchev–Trinajstić information content (AvgIpc) is 2.67. The molecule has 0 saturated heterocycles. The van der Waals surface area contributed by atoms with Gasteiger partial charge >= 0.3 is 0 Å². The number of rotatable bonds is 3. The monoisotopic (exact) mass is 274 g/mol. The molecule has 4 nitrogen and oxygen atoms in total. The maximum absolute atomic E-state index is 11.3. The van der Waals surface area contributed by atoms with Crippen molar-refractivity contribution in [3.05, 3.63) is 34.5 Å². The molecule has 0 unspecified atom stereocenters. The third kappa shape index (κ3) is 3.06. The summed E-state index contributed by atoms with van der Waals surface area (Å²) in [5.41, 5.74) is 1.90. The molecule has 2 aromatic rings. The third-order valence-electron chi connectivity index (χ3n) is 2.59. The standard InChI is InChI=1S/C14H14N2O2S/c1-8(17)12(9(2)18)7-15-11-4-5-13-14(6-11)19-10(3)16-13/h4-7,17H,1-3H3. The van der Waals surface area contributed by atoms with Gasteiger partial charge in [-0.3, -0.25) is 9.79 Å². The van der Waals surface area contributed by atoms with Gasteiger partial charge in [0.25, 0.3) is 0 Å². The first-order chi connectivity index (χ1) is 8.97. The van der Waals surface area contributed by atoms with E-state index in [1.54, 1.807) is 11.3 Å². The summed E-state index contributed by atoms with van der Waals surface area (Å²) in [5.74, 6) is -0.232. The van der Waals surface area contributed by atoms with Crippen molar-refractivity contribution in [1.29, 1.82) is 0 Å². The smallest absolute Gasteiger partial charge is 0.164 e. The van der Waals surface area contributed by atoms with Crippen LogP contribution in [0.2, 0.25) is 0 Å². The summed E-state index contributed by atoms with van der Waals surface area (Å²) in [6.07, 6.45) is 1.40. The Morgan fingerprint density at radius 3 is 2.79 bits per heavy atom. The van der Waals surface area contributed by atoms with Gasteiger partial charge in [0.15, 0.2) is 5.78 Å². The lowest BCUT2D eigenvalue weighted by Crippen LogP contribution is -2.01. The molecule has 0 aliphatic carbocycles. The second kappa shape index (κ2) is 5.32. The molecule has 5 heteroatoms. The first-order valence-corrected chi connectivity index (χ1v) is 6.61. The summed E-state index contributed by atoms with van der Waals surface area (Å²) in [4.78, 5) is 19.9. The third-order valence-corrected chi connectivity index (χ3v) is 3.52. The van der Waals surface area contributed by atoms with Crippen molar-refractivity contribution in [1.82, 2.24) is 4.98 Å². The fourth-order valence-electron chi connectivity index (χ4n) is 1.69. The molecule has 0 bridgehead atoms. The van der Waals surface area contributed by atoms with Crippen molar-refractivity contribution in [3.63, 3.8) is 0 Å². The Bertz CT molecular complexity index is 695. The number of thiazole rings is 1. The number of benzene rings is 1. The topological polar surface area (TPSA) is 62.5 Å². The fourth-order valence-corrected chi connectivity index (χ4v) is 2.55. The Morgan fingerprint density at radius 1 is 1.42 bits per heavy atom. The molecule has 1 N–H and O–H groups in total. The Kier molecular flexibility index (Phi) is 3.76. The van der Waals surface area contributed by atoms with Crippen molar-refractivity contribution in [2.75, 3.05) is 0 Å². The second-order valence-corrected chi connectivity index (χ2v) is 5.43. The maximum Gasteiger partial charge on any atom is 0.164 e. The van der Waals surface area contributed by atoms with Crippen LogP contribution < -0.4 is 0 Å². The fraction of sp³-hybridized carbons (Fsp3) is 0.214. The van der Waals surface area contributed by atoms with E-state index in [4.69, 9.17) is 0 Å². The van der Waals surface area contributed by atoms with E-state index in [0.29, 0.717) is 0 Å². The van der Waals surface area contributed by atoms with Crippen LogP contribution in [0.15, 0.2) is 34.5 Å². The number of Topliss-reactive ketones (excluding diaryl/α,β-unsaturated/α-hetero) is 1. The van der Waals surface area contributed by atoms with Gasteiger partial charge in [0.2, 0.25) is 0 Å². The van der Waals surface area contributed by atoms with E-state index in [1.807, 2.05) is 25.1 Å². The number of carbonyl (C=O) groups is 1. The van der Waals surface area contributed by atoms with Crippen LogP contribution in [-0.2, 0) is 4.79 Å². The van der Waals surface area contributed by atoms with Crippen molar-refractivity contribution in [2.45, 2.75) is 20.8 Å². The summed E-state index contributed by atoms with van der Waals surface area (Å²) in [7, 11) is 0. The molecule has 0 radical (unpaired) electrons. The molecule has 0 aliphatic heterocycles. The number of carbonyl (C=O) groups excluding carboxylic acids is 1. The highest BCUT2D eigenvalue weighted by Crippen LogP contribution is 2.26. The number of aliphatic hydroxyl groups excluding tert-OH is 1. The van der Waals surface area contributed by atoms with Crippen LogP contribution in [0.1, 0.15) is 18.9 Å². The Labute approximate surface area is 115 Å². The van der Waals surface area contributed by atoms with Crippen molar-refractivity contribution >= 4 is 39.2 Å². The van der Waals surface area contributed by atoms with Gasteiger partial charge in [-0.2, -0.15) is 0 Å². The molecule has 0 saturated carbocycles. The van der Waals surface area contributed by atoms with E-state index in [-0.39, 0.29) is 17.1 Å². The molecule has 1 aromatic carbocycles. The van der Waals surface area contributed by atoms with Crippen LogP contribution in [0.25, 0.3) is 10.2 Å². The number of hydrogen-bond donors (Lipinski definition) is 1. The van der Waals surface area contributed by atoms with Crippen LogP contribution in [0, 0.1) is 6.92 Å². The Hall–Kier alpha value is -2.01. The zero-order chi connectivity index (χ0) is 14.0. The first kappa shape index (κ1) is 13.4. The molecule has 0 fully saturated rings. The number of nitrogens with zero attached hydrogens (tertiary/aromatic N) is 2. The first-order valence-electron chi connectivity index (χ1n) is 5.79. The zero-order valence-corrected chi connectivity index (χ0v) is 11.8. The number of aryl methyl sites for hydroxylation is 1. The Balaban J connectivity index is 2.35. The number of ketones is 1. The minimum atomic E-state index is -0.210. The lowest BCUT2D eigenvalue weighted by molar-refractivity contribution is -0.113. The zero-order valence-electron chi connectivity index (χ0n) is 11.0. The number of aliphatic hydroxyl groups is 1. The van der Waals surface area contributed by atoms with E-state index in [9.17, 15) is 9.90 Å². The number of allylic oxidation sites excluding steroid dienone is 2. The van der Waals surface area contributed by atoms with E-state index in [0.717, 1.165) is 20.9 Å². The number of fused-ring (bicyclic) bond motifs is 1. The van der Waals surface area contributed by atoms with E-state index >= 15 is 0 Å². The second-order valence-electron chi connectivity index (χ2n) is 4.20. The van der Waals surface area contributed by atoms with Gasteiger partial charge in [0, 0.05) is 6.21 Å². The van der Waals surface area contributed by atoms with Gasteiger partial charge in [-0.25, -0.2) is 4.98 Å². The van der Waals surface area contributed by atoms with Crippen LogP contribution >= 0.6 is 11.3 Å². The predicted molar refractivity (Wildman–Crippen MR) is 78.5 cm³/mol. The van der Waals surface area contributed by atoms with Crippen LogP contribution in [0.5, 0.6) is 0 Å². The molecule has 0 amide bonds. The van der Waals surface area contributed by atoms with Crippen LogP contribution in [0.3, 0.4) is 0 Å². The van der Waals surface area contributed by atoms with Gasteiger partial charge in [0.1, 0.15) is 5.76 Å². The summed E-state index contributed by atoms with van der Waals surface area (Å²) in [6, 6.07) is 5.65. The minimum absolute atomic E-state index is 0.0223. The van der Waals surface area contributed by atoms with Crippen molar-refractivity contribution < 1.29 is 9.90 Å². The average molecular weight is 274 g/mol. The minimum Gasteiger partial charge on any atom is -0.512 e. The highest BCUT2D eigenvalue weighted by atomic mass is 32.1. The molecule has 19 heavy (non-hydrogen) atoms. The number of aliphatic imine (C=N–C) groups is 1. The molecule has 0 aliphatic rings. The van der Waals surface area contributed by atoms with E-state index < -0.39 is 0 Å². The van der Waals surface area contributed by atoms with Gasteiger partial charge in [-0.05, 0) is 39.0 Å². The van der Waals surface area contributed by atoms with Crippen LogP contribution in [-0.4, -0.2) is 22.1 Å².